The third-order valence-electron chi connectivity index (χ3n) is 5.86. The summed E-state index contributed by atoms with van der Waals surface area (Å²) in [4.78, 5) is 0. The molecule has 0 radical (unpaired) electrons. The Balaban J connectivity index is 0.000000272. The normalized spacial score (nSPS) is 11.8. The molecular formula is C30H40HfSi. The van der Waals surface area contributed by atoms with Gasteiger partial charge >= 0.3 is 54.4 Å². The molecule has 4 aromatic rings. The van der Waals surface area contributed by atoms with Crippen LogP contribution in [0.4, 0.5) is 0 Å². The van der Waals surface area contributed by atoms with Crippen LogP contribution in [-0.4, -0.2) is 5.49 Å². The topological polar surface area (TPSA) is 0 Å². The summed E-state index contributed by atoms with van der Waals surface area (Å²) in [7, 11) is 0. The van der Waals surface area contributed by atoms with Gasteiger partial charge in [-0.25, -0.2) is 12.1 Å². The maximum Gasteiger partial charge on any atom is -0.172 e. The fourth-order valence-corrected chi connectivity index (χ4v) is 3.28. The van der Waals surface area contributed by atoms with Gasteiger partial charge in [-0.1, -0.05) is 76.9 Å². The summed E-state index contributed by atoms with van der Waals surface area (Å²) in [6, 6.07) is 26.2. The minimum absolute atomic E-state index is 0.187. The Labute approximate surface area is 211 Å². The van der Waals surface area contributed by atoms with Crippen molar-refractivity contribution < 1.29 is 23.0 Å². The molecule has 0 unspecified atom stereocenters. The second-order valence-corrected chi connectivity index (χ2v) is 22.1. The average molecular weight is 607 g/mol. The van der Waals surface area contributed by atoms with E-state index in [0.717, 1.165) is 5.54 Å². The van der Waals surface area contributed by atoms with E-state index in [1.54, 1.807) is 0 Å². The van der Waals surface area contributed by atoms with Gasteiger partial charge in [0.05, 0.1) is 0 Å². The molecule has 0 aliphatic heterocycles. The summed E-state index contributed by atoms with van der Waals surface area (Å²) < 4.78 is 0. The molecule has 0 bridgehead atoms. The van der Waals surface area contributed by atoms with Gasteiger partial charge in [-0.15, -0.1) is 39.7 Å². The van der Waals surface area contributed by atoms with Crippen molar-refractivity contribution in [3.05, 3.63) is 83.9 Å². The molecule has 4 aromatic carbocycles. The first-order valence-electron chi connectivity index (χ1n) is 11.7. The molecule has 0 saturated carbocycles. The first-order chi connectivity index (χ1) is 14.8. The van der Waals surface area contributed by atoms with E-state index in [-0.39, 0.29) is 16.3 Å². The Morgan fingerprint density at radius 2 is 1.12 bits per heavy atom. The number of hydrogen-bond donors (Lipinski definition) is 0. The van der Waals surface area contributed by atoms with Crippen molar-refractivity contribution in [2.75, 3.05) is 0 Å². The summed E-state index contributed by atoms with van der Waals surface area (Å²) in [5, 5.41) is 5.48. The van der Waals surface area contributed by atoms with Crippen LogP contribution in [0.1, 0.15) is 66.5 Å². The first-order valence-corrected chi connectivity index (χ1v) is 19.1. The maximum atomic E-state index is 2.40. The Hall–Kier alpha value is -1.25. The average Bonchev–Trinajstić information content (AvgIpc) is 3.37. The SMILES string of the molecule is CC(C)(C)c1ccc2c(c1)[cH-]c1cc(C(C)(C)C)ccc12.CC(C)[Si](C)=[Hf+2].c1cc[cH-]c1. The van der Waals surface area contributed by atoms with Crippen molar-refractivity contribution in [3.63, 3.8) is 0 Å². The third-order valence-corrected chi connectivity index (χ3v) is 13.8. The fraction of sp³-hybridized carbons (Fsp3) is 0.400. The van der Waals surface area contributed by atoms with Crippen LogP contribution in [0.3, 0.4) is 0 Å². The molecule has 32 heavy (non-hydrogen) atoms. The van der Waals surface area contributed by atoms with Crippen molar-refractivity contribution >= 4 is 27.0 Å². The molecule has 0 spiro atoms. The van der Waals surface area contributed by atoms with Gasteiger partial charge in [-0.05, 0) is 10.8 Å². The molecule has 0 N–H and O–H groups in total. The van der Waals surface area contributed by atoms with Gasteiger partial charge in [0, 0.05) is 0 Å². The van der Waals surface area contributed by atoms with Crippen molar-refractivity contribution in [2.24, 2.45) is 0 Å². The molecule has 168 valence electrons. The van der Waals surface area contributed by atoms with E-state index >= 15 is 0 Å². The van der Waals surface area contributed by atoms with Gasteiger partial charge in [-0.3, -0.25) is 0 Å². The van der Waals surface area contributed by atoms with E-state index in [0.29, 0.717) is 0 Å². The van der Waals surface area contributed by atoms with E-state index in [9.17, 15) is 0 Å². The van der Waals surface area contributed by atoms with E-state index in [4.69, 9.17) is 0 Å². The van der Waals surface area contributed by atoms with Crippen LogP contribution < -0.4 is 0 Å². The van der Waals surface area contributed by atoms with Crippen LogP contribution in [0.25, 0.3) is 21.5 Å². The van der Waals surface area contributed by atoms with Crippen molar-refractivity contribution in [2.45, 2.75) is 78.3 Å². The van der Waals surface area contributed by atoms with E-state index in [2.05, 4.69) is 104 Å². The second-order valence-electron chi connectivity index (χ2n) is 11.0. The Kier molecular flexibility index (Phi) is 9.49. The first kappa shape index (κ1) is 27.0. The Morgan fingerprint density at radius 3 is 1.38 bits per heavy atom. The minimum Gasteiger partial charge on any atom is -0.214 e. The molecule has 4 rings (SSSR count). The third kappa shape index (κ3) is 7.66. The van der Waals surface area contributed by atoms with Crippen LogP contribution in [0, 0.1) is 0 Å². The predicted octanol–water partition coefficient (Wildman–Crippen LogP) is 9.28. The molecule has 0 heterocycles. The molecule has 2 heteroatoms. The van der Waals surface area contributed by atoms with E-state index in [1.807, 2.05) is 30.3 Å². The van der Waals surface area contributed by atoms with E-state index < -0.39 is 0 Å². The molecule has 0 aliphatic rings. The smallest absolute Gasteiger partial charge is 0.172 e. The van der Waals surface area contributed by atoms with Gasteiger partial charge in [-0.2, -0.15) is 18.2 Å². The minimum atomic E-state index is 0.187. The zero-order valence-electron chi connectivity index (χ0n) is 21.5. The van der Waals surface area contributed by atoms with Crippen LogP contribution in [-0.2, 0) is 33.8 Å². The van der Waals surface area contributed by atoms with Crippen LogP contribution in [0.15, 0.2) is 72.8 Å². The zero-order valence-corrected chi connectivity index (χ0v) is 26.1. The van der Waals surface area contributed by atoms with Gasteiger partial charge in [0.15, 0.2) is 0 Å². The fourth-order valence-electron chi connectivity index (χ4n) is 3.28. The molecule has 0 aromatic heterocycles. The summed E-state index contributed by atoms with van der Waals surface area (Å²) in [5.41, 5.74) is 4.42. The number of benzene rings is 2. The Bertz CT molecular complexity index is 1040. The molecule has 0 amide bonds. The largest absolute Gasteiger partial charge is 0.214 e. The number of rotatable bonds is 1. The predicted molar refractivity (Wildman–Crippen MR) is 143 cm³/mol. The summed E-state index contributed by atoms with van der Waals surface area (Å²) in [6.07, 6.45) is 0. The summed E-state index contributed by atoms with van der Waals surface area (Å²) in [5.74, 6) is 0. The molecular weight excluding hydrogens is 567 g/mol. The monoisotopic (exact) mass is 608 g/mol. The zero-order chi connectivity index (χ0) is 24.1. The Morgan fingerprint density at radius 1 is 0.750 bits per heavy atom. The molecule has 0 atom stereocenters. The number of hydrogen-bond acceptors (Lipinski definition) is 0. The maximum absolute atomic E-state index is 2.40. The summed E-state index contributed by atoms with van der Waals surface area (Å²) >= 11 is 1.46. The van der Waals surface area contributed by atoms with Gasteiger partial charge in [0.1, 0.15) is 0 Å². The van der Waals surface area contributed by atoms with E-state index in [1.165, 1.54) is 55.7 Å². The van der Waals surface area contributed by atoms with Gasteiger partial charge in [0.25, 0.3) is 0 Å². The van der Waals surface area contributed by atoms with Crippen LogP contribution >= 0.6 is 0 Å². The van der Waals surface area contributed by atoms with Gasteiger partial charge < -0.3 is 0 Å². The quantitative estimate of drug-likeness (QED) is 0.150. The number of fused-ring (bicyclic) bond motifs is 3. The van der Waals surface area contributed by atoms with Crippen LogP contribution in [0.2, 0.25) is 12.1 Å². The van der Waals surface area contributed by atoms with Crippen molar-refractivity contribution in [1.82, 2.24) is 0 Å². The second kappa shape index (κ2) is 11.2. The molecule has 0 saturated heterocycles. The van der Waals surface area contributed by atoms with Gasteiger partial charge in [0.2, 0.25) is 0 Å². The van der Waals surface area contributed by atoms with Crippen molar-refractivity contribution in [1.29, 1.82) is 0 Å². The standard InChI is InChI=1S/C21H25.C5H5.C4H10Si.Hf/c1-20(2,3)16-7-9-18-14(12-16)11-15-13-17(21(4,5)6)8-10-19(15)18;1-2-4-5-3-1;1-4(2)5-3;/h7-13H,1-6H3;1-5H;4H,1-3H3;/q2*-1;;+2. The van der Waals surface area contributed by atoms with Crippen LogP contribution in [0.5, 0.6) is 0 Å². The van der Waals surface area contributed by atoms with Crippen molar-refractivity contribution in [3.8, 4) is 0 Å². The summed E-state index contributed by atoms with van der Waals surface area (Å²) in [6.45, 7) is 20.7. The molecule has 0 nitrogen and oxygen atoms in total. The molecule has 0 aliphatic carbocycles. The molecule has 0 fully saturated rings.